The molecule has 0 spiro atoms. The van der Waals surface area contributed by atoms with Crippen LogP contribution in [0.5, 0.6) is 0 Å². The zero-order valence-corrected chi connectivity index (χ0v) is 14.2. The third-order valence-electron chi connectivity index (χ3n) is 5.04. The molecule has 4 rings (SSSR count). The molecule has 2 heterocycles. The van der Waals surface area contributed by atoms with E-state index in [1.54, 1.807) is 0 Å². The highest BCUT2D eigenvalue weighted by Gasteiger charge is 2.34. The molecule has 0 radical (unpaired) electrons. The third-order valence-corrected chi connectivity index (χ3v) is 5.04. The van der Waals surface area contributed by atoms with Crippen LogP contribution in [0.1, 0.15) is 48.9 Å². The Kier molecular flexibility index (Phi) is 2.93. The Morgan fingerprint density at radius 3 is 2.70 bits per heavy atom. The van der Waals surface area contributed by atoms with Gasteiger partial charge in [-0.1, -0.05) is 32.0 Å². The SMILES string of the molecule is CCn1c2ccccc2c2c3c(nc(C)c21)CC(C)(C)CC3=O. The van der Waals surface area contributed by atoms with E-state index in [1.165, 1.54) is 10.9 Å². The Bertz CT molecular complexity index is 963. The molecular weight excluding hydrogens is 284 g/mol. The van der Waals surface area contributed by atoms with Crippen molar-refractivity contribution in [2.24, 2.45) is 5.41 Å². The van der Waals surface area contributed by atoms with Crippen LogP contribution in [-0.2, 0) is 13.0 Å². The van der Waals surface area contributed by atoms with Gasteiger partial charge in [0.25, 0.3) is 0 Å². The molecule has 0 aliphatic heterocycles. The molecule has 3 nitrogen and oxygen atoms in total. The van der Waals surface area contributed by atoms with Gasteiger partial charge >= 0.3 is 0 Å². The van der Waals surface area contributed by atoms with Crippen molar-refractivity contribution in [2.45, 2.75) is 47.1 Å². The summed E-state index contributed by atoms with van der Waals surface area (Å²) >= 11 is 0. The van der Waals surface area contributed by atoms with Crippen molar-refractivity contribution >= 4 is 27.6 Å². The average Bonchev–Trinajstić information content (AvgIpc) is 2.80. The number of hydrogen-bond donors (Lipinski definition) is 0. The van der Waals surface area contributed by atoms with E-state index < -0.39 is 0 Å². The van der Waals surface area contributed by atoms with E-state index in [2.05, 4.69) is 56.5 Å². The number of Topliss-reactive ketones (excluding diaryl/α,β-unsaturated/α-hetero) is 1. The van der Waals surface area contributed by atoms with Gasteiger partial charge in [-0.3, -0.25) is 9.78 Å². The first kappa shape index (κ1) is 14.4. The predicted molar refractivity (Wildman–Crippen MR) is 94.1 cm³/mol. The Balaban J connectivity index is 2.22. The van der Waals surface area contributed by atoms with Gasteiger partial charge in [-0.25, -0.2) is 0 Å². The molecule has 0 bridgehead atoms. The molecule has 0 unspecified atom stereocenters. The number of ketones is 1. The lowest BCUT2D eigenvalue weighted by Gasteiger charge is -2.30. The van der Waals surface area contributed by atoms with Gasteiger partial charge in [0, 0.05) is 34.8 Å². The van der Waals surface area contributed by atoms with Crippen molar-refractivity contribution in [3.05, 3.63) is 41.2 Å². The summed E-state index contributed by atoms with van der Waals surface area (Å²) in [5, 5.41) is 2.30. The van der Waals surface area contributed by atoms with Gasteiger partial charge in [0.1, 0.15) is 0 Å². The second-order valence-corrected chi connectivity index (χ2v) is 7.44. The quantitative estimate of drug-likeness (QED) is 0.654. The number of rotatable bonds is 1. The van der Waals surface area contributed by atoms with Gasteiger partial charge < -0.3 is 4.57 Å². The van der Waals surface area contributed by atoms with Crippen LogP contribution in [0.25, 0.3) is 21.8 Å². The van der Waals surface area contributed by atoms with Gasteiger partial charge in [0.15, 0.2) is 5.78 Å². The summed E-state index contributed by atoms with van der Waals surface area (Å²) in [5.74, 6) is 0.243. The highest BCUT2D eigenvalue weighted by atomic mass is 16.1. The van der Waals surface area contributed by atoms with Crippen molar-refractivity contribution in [1.29, 1.82) is 0 Å². The smallest absolute Gasteiger partial charge is 0.165 e. The summed E-state index contributed by atoms with van der Waals surface area (Å²) in [4.78, 5) is 17.8. The summed E-state index contributed by atoms with van der Waals surface area (Å²) in [5.41, 5.74) is 5.20. The number of aryl methyl sites for hydroxylation is 2. The van der Waals surface area contributed by atoms with E-state index in [1.807, 2.05) is 0 Å². The monoisotopic (exact) mass is 306 g/mol. The van der Waals surface area contributed by atoms with E-state index in [0.717, 1.165) is 40.8 Å². The largest absolute Gasteiger partial charge is 0.339 e. The molecule has 0 saturated heterocycles. The summed E-state index contributed by atoms with van der Waals surface area (Å²) < 4.78 is 2.29. The van der Waals surface area contributed by atoms with Crippen LogP contribution in [0, 0.1) is 12.3 Å². The number of aromatic nitrogens is 2. The van der Waals surface area contributed by atoms with E-state index in [4.69, 9.17) is 4.98 Å². The number of carbonyl (C=O) groups excluding carboxylic acids is 1. The number of carbonyl (C=O) groups is 1. The van der Waals surface area contributed by atoms with Gasteiger partial charge in [-0.2, -0.15) is 0 Å². The minimum Gasteiger partial charge on any atom is -0.339 e. The lowest BCUT2D eigenvalue weighted by molar-refractivity contribution is 0.0912. The van der Waals surface area contributed by atoms with Crippen LogP contribution in [0.2, 0.25) is 0 Å². The highest BCUT2D eigenvalue weighted by Crippen LogP contribution is 2.41. The molecule has 0 saturated carbocycles. The number of nitrogens with zero attached hydrogens (tertiary/aromatic N) is 2. The molecule has 0 atom stereocenters. The fourth-order valence-electron chi connectivity index (χ4n) is 4.18. The molecule has 0 N–H and O–H groups in total. The molecule has 0 fully saturated rings. The van der Waals surface area contributed by atoms with Crippen molar-refractivity contribution < 1.29 is 4.79 Å². The molecule has 23 heavy (non-hydrogen) atoms. The number of benzene rings is 1. The lowest BCUT2D eigenvalue weighted by atomic mass is 9.74. The first-order chi connectivity index (χ1) is 10.9. The van der Waals surface area contributed by atoms with E-state index in [-0.39, 0.29) is 11.2 Å². The number of pyridine rings is 1. The molecule has 3 heteroatoms. The van der Waals surface area contributed by atoms with Gasteiger partial charge in [0.05, 0.1) is 16.9 Å². The first-order valence-electron chi connectivity index (χ1n) is 8.36. The predicted octanol–water partition coefficient (Wildman–Crippen LogP) is 4.67. The zero-order valence-electron chi connectivity index (χ0n) is 14.2. The fourth-order valence-corrected chi connectivity index (χ4v) is 4.18. The van der Waals surface area contributed by atoms with Crippen LogP contribution in [0.3, 0.4) is 0 Å². The number of fused-ring (bicyclic) bond motifs is 5. The second kappa shape index (κ2) is 4.67. The normalized spacial score (nSPS) is 17.0. The molecule has 1 aromatic carbocycles. The van der Waals surface area contributed by atoms with Crippen LogP contribution in [-0.4, -0.2) is 15.3 Å². The Morgan fingerprint density at radius 2 is 1.96 bits per heavy atom. The van der Waals surface area contributed by atoms with E-state index >= 15 is 0 Å². The molecular formula is C20H22N2O. The van der Waals surface area contributed by atoms with Crippen LogP contribution >= 0.6 is 0 Å². The molecule has 1 aliphatic rings. The van der Waals surface area contributed by atoms with Crippen molar-refractivity contribution in [3.63, 3.8) is 0 Å². The lowest BCUT2D eigenvalue weighted by Crippen LogP contribution is -2.28. The Labute approximate surface area is 136 Å². The summed E-state index contributed by atoms with van der Waals surface area (Å²) in [6, 6.07) is 8.40. The van der Waals surface area contributed by atoms with Gasteiger partial charge in [-0.15, -0.1) is 0 Å². The Hall–Kier alpha value is -2.16. The molecule has 3 aromatic rings. The minimum absolute atomic E-state index is 0.000323. The maximum atomic E-state index is 12.9. The molecule has 1 aliphatic carbocycles. The highest BCUT2D eigenvalue weighted by molar-refractivity contribution is 6.20. The first-order valence-corrected chi connectivity index (χ1v) is 8.36. The standard InChI is InChI=1S/C20H22N2O/c1-5-22-15-9-7-6-8-13(15)17-18-14(21-12(2)19(17)22)10-20(3,4)11-16(18)23/h6-9H,5,10-11H2,1-4H3. The second-order valence-electron chi connectivity index (χ2n) is 7.44. The fraction of sp³-hybridized carbons (Fsp3) is 0.400. The van der Waals surface area contributed by atoms with Crippen molar-refractivity contribution in [2.75, 3.05) is 0 Å². The minimum atomic E-state index is 0.000323. The number of hydrogen-bond acceptors (Lipinski definition) is 2. The maximum absolute atomic E-state index is 12.9. The summed E-state index contributed by atoms with van der Waals surface area (Å²) in [6.07, 6.45) is 1.47. The molecule has 2 aromatic heterocycles. The van der Waals surface area contributed by atoms with Crippen LogP contribution in [0.15, 0.2) is 24.3 Å². The van der Waals surface area contributed by atoms with Crippen LogP contribution in [0.4, 0.5) is 0 Å². The average molecular weight is 306 g/mol. The summed E-state index contributed by atoms with van der Waals surface area (Å²) in [7, 11) is 0. The summed E-state index contributed by atoms with van der Waals surface area (Å²) in [6.45, 7) is 9.41. The van der Waals surface area contributed by atoms with Crippen molar-refractivity contribution in [3.8, 4) is 0 Å². The molecule has 0 amide bonds. The topological polar surface area (TPSA) is 34.9 Å². The third kappa shape index (κ3) is 1.95. The van der Waals surface area contributed by atoms with Crippen molar-refractivity contribution in [1.82, 2.24) is 9.55 Å². The Morgan fingerprint density at radius 1 is 1.22 bits per heavy atom. The van der Waals surface area contributed by atoms with Crippen LogP contribution < -0.4 is 0 Å². The molecule has 118 valence electrons. The maximum Gasteiger partial charge on any atom is 0.165 e. The van der Waals surface area contributed by atoms with E-state index in [0.29, 0.717) is 6.42 Å². The zero-order chi connectivity index (χ0) is 16.4. The van der Waals surface area contributed by atoms with Gasteiger partial charge in [-0.05, 0) is 31.7 Å². The van der Waals surface area contributed by atoms with E-state index in [9.17, 15) is 4.79 Å². The number of para-hydroxylation sites is 1. The van der Waals surface area contributed by atoms with Gasteiger partial charge in [0.2, 0.25) is 0 Å².